The average Bonchev–Trinajstić information content (AvgIpc) is 3.53. The van der Waals surface area contributed by atoms with E-state index in [2.05, 4.69) is 25.1 Å². The van der Waals surface area contributed by atoms with E-state index in [9.17, 15) is 18.3 Å². The van der Waals surface area contributed by atoms with E-state index in [0.717, 1.165) is 11.3 Å². The van der Waals surface area contributed by atoms with Crippen LogP contribution in [0.25, 0.3) is 11.0 Å². The maximum atomic E-state index is 13.4. The highest BCUT2D eigenvalue weighted by Gasteiger charge is 2.57. The van der Waals surface area contributed by atoms with Crippen LogP contribution in [0.3, 0.4) is 0 Å². The molecule has 1 aliphatic heterocycles. The summed E-state index contributed by atoms with van der Waals surface area (Å²) in [6, 6.07) is 14.1. The molecule has 6 rings (SSSR count). The number of aromatic nitrogens is 4. The molecule has 1 fully saturated rings. The Balaban J connectivity index is 1.62. The monoisotopic (exact) mass is 521 g/mol. The molecule has 1 saturated carbocycles. The number of nitrogens with one attached hydrogen (secondary N) is 1. The molecule has 4 heterocycles. The predicted octanol–water partition coefficient (Wildman–Crippen LogP) is 5.57. The Hall–Kier alpha value is -3.79. The summed E-state index contributed by atoms with van der Waals surface area (Å²) in [5, 5.41) is 16.7. The van der Waals surface area contributed by atoms with Crippen LogP contribution in [0.15, 0.2) is 66.1 Å². The molecule has 196 valence electrons. The van der Waals surface area contributed by atoms with Crippen molar-refractivity contribution in [1.82, 2.24) is 19.9 Å². The summed E-state index contributed by atoms with van der Waals surface area (Å²) in [5.41, 5.74) is 0.877. The fourth-order valence-corrected chi connectivity index (χ4v) is 5.64. The summed E-state index contributed by atoms with van der Waals surface area (Å²) < 4.78 is 40.2. The Labute approximate surface area is 216 Å². The van der Waals surface area contributed by atoms with Crippen LogP contribution in [0.5, 0.6) is 0 Å². The lowest BCUT2D eigenvalue weighted by Gasteiger charge is -2.30. The van der Waals surface area contributed by atoms with Crippen molar-refractivity contribution < 1.29 is 23.1 Å². The lowest BCUT2D eigenvalue weighted by molar-refractivity contribution is -0.148. The average molecular weight is 522 g/mol. The number of aromatic amines is 1. The van der Waals surface area contributed by atoms with E-state index in [1.165, 1.54) is 0 Å². The van der Waals surface area contributed by atoms with Gasteiger partial charge in [-0.05, 0) is 69.2 Å². The largest absolute Gasteiger partial charge is 0.392 e. The fourth-order valence-electron chi connectivity index (χ4n) is 5.64. The van der Waals surface area contributed by atoms with Crippen molar-refractivity contribution in [2.45, 2.75) is 56.4 Å². The van der Waals surface area contributed by atoms with E-state index in [0.29, 0.717) is 28.0 Å². The molecule has 0 spiro atoms. The number of pyridine rings is 2. The summed E-state index contributed by atoms with van der Waals surface area (Å²) in [6.07, 6.45) is -1.17. The number of nitrogens with zero attached hydrogens (tertiary/aromatic N) is 4. The normalized spacial score (nSPS) is 22.8. The van der Waals surface area contributed by atoms with Gasteiger partial charge in [0.25, 0.3) is 0 Å². The minimum atomic E-state index is -4.29. The Morgan fingerprint density at radius 3 is 2.18 bits per heavy atom. The summed E-state index contributed by atoms with van der Waals surface area (Å²) >= 11 is 0. The second-order valence-electron chi connectivity index (χ2n) is 10.6. The van der Waals surface area contributed by atoms with Gasteiger partial charge < -0.3 is 14.9 Å². The number of halogens is 3. The predicted molar refractivity (Wildman–Crippen MR) is 135 cm³/mol. The van der Waals surface area contributed by atoms with Crippen molar-refractivity contribution in [2.24, 2.45) is 11.1 Å². The Bertz CT molecular complexity index is 1490. The maximum absolute atomic E-state index is 13.4. The van der Waals surface area contributed by atoms with Crippen LogP contribution in [-0.2, 0) is 10.4 Å². The van der Waals surface area contributed by atoms with Gasteiger partial charge in [0.2, 0.25) is 0 Å². The molecule has 2 N–H and O–H groups in total. The third-order valence-corrected chi connectivity index (χ3v) is 7.52. The molecule has 7 nitrogen and oxygen atoms in total. The topological polar surface area (TPSA) is 96.3 Å². The number of alkyl halides is 3. The number of hydrogen-bond donors (Lipinski definition) is 2. The van der Waals surface area contributed by atoms with E-state index >= 15 is 0 Å². The van der Waals surface area contributed by atoms with Gasteiger partial charge in [0.15, 0.2) is 5.60 Å². The number of benzene rings is 1. The quantitative estimate of drug-likeness (QED) is 0.358. The molecule has 1 aliphatic carbocycles. The molecule has 3 atom stereocenters. The minimum Gasteiger partial charge on any atom is -0.389 e. The van der Waals surface area contributed by atoms with Crippen molar-refractivity contribution in [2.75, 3.05) is 0 Å². The van der Waals surface area contributed by atoms with Gasteiger partial charge in [-0.15, -0.1) is 0 Å². The second kappa shape index (κ2) is 8.36. The Morgan fingerprint density at radius 1 is 1.03 bits per heavy atom. The summed E-state index contributed by atoms with van der Waals surface area (Å²) in [7, 11) is 0. The van der Waals surface area contributed by atoms with Crippen LogP contribution in [0.1, 0.15) is 67.4 Å². The number of oxime groups is 1. The van der Waals surface area contributed by atoms with E-state index in [4.69, 9.17) is 4.84 Å². The van der Waals surface area contributed by atoms with Gasteiger partial charge in [-0.25, -0.2) is 4.98 Å². The van der Waals surface area contributed by atoms with Gasteiger partial charge in [0.1, 0.15) is 11.4 Å². The number of fused-ring (bicyclic) bond motifs is 1. The second-order valence-corrected chi connectivity index (χ2v) is 10.6. The van der Waals surface area contributed by atoms with Crippen LogP contribution in [0.2, 0.25) is 0 Å². The smallest absolute Gasteiger partial charge is 0.389 e. The van der Waals surface area contributed by atoms with Crippen LogP contribution in [0, 0.1) is 5.92 Å². The zero-order valence-electron chi connectivity index (χ0n) is 21.0. The standard InChI is InChI=1S/C28H26F3N5O2/c1-15-23(26(2,3)38-36-15)16-12-19(24-20(13-16)34-25(35-24)17-14-18(17)28(29,30)31)27(37,21-8-4-6-10-32-21)22-9-5-7-11-33-22/h4-13,17-18,23,37H,14H2,1-3H3,(H,34,35). The number of aliphatic hydroxyl groups is 1. The molecular formula is C28H26F3N5O2. The van der Waals surface area contributed by atoms with Gasteiger partial charge in [-0.2, -0.15) is 13.2 Å². The highest BCUT2D eigenvalue weighted by molar-refractivity contribution is 5.92. The van der Waals surface area contributed by atoms with Crippen LogP contribution >= 0.6 is 0 Å². The number of H-pyrrole nitrogens is 1. The van der Waals surface area contributed by atoms with Crippen LogP contribution in [-0.4, -0.2) is 42.5 Å². The van der Waals surface area contributed by atoms with Crippen LogP contribution in [0.4, 0.5) is 13.2 Å². The van der Waals surface area contributed by atoms with Gasteiger partial charge in [-0.3, -0.25) is 9.97 Å². The molecule has 0 bridgehead atoms. The first-order valence-electron chi connectivity index (χ1n) is 12.4. The highest BCUT2D eigenvalue weighted by Crippen LogP contribution is 2.56. The van der Waals surface area contributed by atoms with E-state index in [-0.39, 0.29) is 18.2 Å². The Kier molecular flexibility index (Phi) is 5.40. The first-order valence-corrected chi connectivity index (χ1v) is 12.4. The molecule has 2 aliphatic rings. The lowest BCUT2D eigenvalue weighted by Crippen LogP contribution is -2.33. The zero-order valence-corrected chi connectivity index (χ0v) is 21.0. The summed E-state index contributed by atoms with van der Waals surface area (Å²) in [4.78, 5) is 22.4. The molecule has 38 heavy (non-hydrogen) atoms. The SMILES string of the molecule is CC1=NOC(C)(C)C1c1cc(C(O)(c2ccccn2)c2ccccn2)c2nc(C3CC3C(F)(F)F)[nH]c2c1. The number of imidazole rings is 1. The molecule has 4 aromatic rings. The molecule has 0 saturated heterocycles. The third kappa shape index (κ3) is 3.86. The zero-order chi connectivity index (χ0) is 26.9. The molecule has 3 aromatic heterocycles. The van der Waals surface area contributed by atoms with Crippen molar-refractivity contribution in [1.29, 1.82) is 0 Å². The molecule has 10 heteroatoms. The van der Waals surface area contributed by atoms with Gasteiger partial charge in [-0.1, -0.05) is 17.3 Å². The fraction of sp³-hybridized carbons (Fsp3) is 0.357. The molecule has 0 radical (unpaired) electrons. The first-order chi connectivity index (χ1) is 18.0. The van der Waals surface area contributed by atoms with E-state index in [1.54, 1.807) is 48.8 Å². The van der Waals surface area contributed by atoms with Gasteiger partial charge in [0, 0.05) is 23.9 Å². The number of hydrogen-bond acceptors (Lipinski definition) is 6. The van der Waals surface area contributed by atoms with Crippen molar-refractivity contribution in [3.05, 3.63) is 89.3 Å². The minimum absolute atomic E-state index is 0.0223. The Morgan fingerprint density at radius 2 is 1.68 bits per heavy atom. The third-order valence-electron chi connectivity index (χ3n) is 7.52. The summed E-state index contributed by atoms with van der Waals surface area (Å²) in [5.74, 6) is -2.21. The van der Waals surface area contributed by atoms with Crippen molar-refractivity contribution in [3.8, 4) is 0 Å². The first kappa shape index (κ1) is 24.5. The molecule has 0 amide bonds. The highest BCUT2D eigenvalue weighted by atomic mass is 19.4. The summed E-state index contributed by atoms with van der Waals surface area (Å²) in [6.45, 7) is 5.70. The van der Waals surface area contributed by atoms with Crippen molar-refractivity contribution in [3.63, 3.8) is 0 Å². The van der Waals surface area contributed by atoms with Crippen molar-refractivity contribution >= 4 is 16.7 Å². The van der Waals surface area contributed by atoms with Crippen LogP contribution < -0.4 is 0 Å². The lowest BCUT2D eigenvalue weighted by atomic mass is 9.78. The van der Waals surface area contributed by atoms with Gasteiger partial charge in [0.05, 0.1) is 40.0 Å². The van der Waals surface area contributed by atoms with E-state index < -0.39 is 29.2 Å². The maximum Gasteiger partial charge on any atom is 0.392 e. The van der Waals surface area contributed by atoms with Gasteiger partial charge >= 0.3 is 6.18 Å². The number of rotatable bonds is 5. The molecule has 1 aromatic carbocycles. The molecule has 3 unspecified atom stereocenters. The molecular weight excluding hydrogens is 495 g/mol. The van der Waals surface area contributed by atoms with E-state index in [1.807, 2.05) is 32.9 Å².